The van der Waals surface area contributed by atoms with Gasteiger partial charge in [0, 0.05) is 28.8 Å². The third-order valence-corrected chi connectivity index (χ3v) is 6.01. The lowest BCUT2D eigenvalue weighted by Crippen LogP contribution is -2.30. The lowest BCUT2D eigenvalue weighted by Gasteiger charge is -2.29. The first-order chi connectivity index (χ1) is 15.5. The van der Waals surface area contributed by atoms with E-state index in [9.17, 15) is 9.50 Å². The molecule has 1 aliphatic heterocycles. The van der Waals surface area contributed by atoms with Gasteiger partial charge in [-0.3, -0.25) is 4.98 Å². The van der Waals surface area contributed by atoms with E-state index in [-0.39, 0.29) is 23.7 Å². The topological polar surface area (TPSA) is 53.3 Å². The van der Waals surface area contributed by atoms with Gasteiger partial charge in [-0.25, -0.2) is 4.39 Å². The molecule has 32 heavy (non-hydrogen) atoms. The summed E-state index contributed by atoms with van der Waals surface area (Å²) in [6.07, 6.45) is 3.60. The van der Waals surface area contributed by atoms with Gasteiger partial charge < -0.3 is 19.9 Å². The monoisotopic (exact) mass is 464 g/mol. The van der Waals surface area contributed by atoms with E-state index in [1.807, 2.05) is 52.1 Å². The maximum absolute atomic E-state index is 14.0. The summed E-state index contributed by atoms with van der Waals surface area (Å²) in [7, 11) is 0. The summed E-state index contributed by atoms with van der Waals surface area (Å²) >= 11 is 12.0. The van der Waals surface area contributed by atoms with Crippen molar-refractivity contribution >= 4 is 34.6 Å². The standard InChI is InChI=1S/C24H18ClFN4OS/c25-15-9-10-21(31)20(13-15)30-23(22(28-24(30)32)18-7-1-2-11-27-18)19-8-4-12-29(19)17-6-3-5-16(26)14-17/h1-14,22-23,31H,(H,28,32)/t22-,23-/m0/s1. The molecule has 0 bridgehead atoms. The number of hydrogen-bond donors (Lipinski definition) is 2. The van der Waals surface area contributed by atoms with Gasteiger partial charge in [0.2, 0.25) is 0 Å². The van der Waals surface area contributed by atoms with Gasteiger partial charge in [-0.1, -0.05) is 23.7 Å². The second-order valence-electron chi connectivity index (χ2n) is 7.41. The normalized spacial score (nSPS) is 18.1. The molecule has 1 saturated heterocycles. The first-order valence-electron chi connectivity index (χ1n) is 9.95. The molecule has 2 N–H and O–H groups in total. The Morgan fingerprint density at radius 2 is 1.91 bits per heavy atom. The fourth-order valence-electron chi connectivity index (χ4n) is 4.10. The van der Waals surface area contributed by atoms with Crippen molar-refractivity contribution in [1.29, 1.82) is 0 Å². The Morgan fingerprint density at radius 3 is 2.69 bits per heavy atom. The van der Waals surface area contributed by atoms with E-state index < -0.39 is 0 Å². The van der Waals surface area contributed by atoms with Crippen molar-refractivity contribution in [1.82, 2.24) is 14.9 Å². The second-order valence-corrected chi connectivity index (χ2v) is 8.24. The van der Waals surface area contributed by atoms with Gasteiger partial charge in [-0.05, 0) is 72.9 Å². The van der Waals surface area contributed by atoms with Crippen LogP contribution in [0.5, 0.6) is 5.75 Å². The van der Waals surface area contributed by atoms with E-state index in [0.29, 0.717) is 21.5 Å². The number of aromatic hydroxyl groups is 1. The molecule has 8 heteroatoms. The van der Waals surface area contributed by atoms with Crippen LogP contribution in [0.2, 0.25) is 5.02 Å². The summed E-state index contributed by atoms with van der Waals surface area (Å²) < 4.78 is 15.9. The summed E-state index contributed by atoms with van der Waals surface area (Å²) in [5, 5.41) is 14.9. The number of phenols is 1. The zero-order chi connectivity index (χ0) is 22.2. The number of benzene rings is 2. The van der Waals surface area contributed by atoms with E-state index >= 15 is 0 Å². The molecular formula is C24H18ClFN4OS. The molecule has 2 aromatic heterocycles. The Kier molecular flexibility index (Phi) is 5.28. The number of rotatable bonds is 4. The predicted molar refractivity (Wildman–Crippen MR) is 127 cm³/mol. The summed E-state index contributed by atoms with van der Waals surface area (Å²) in [4.78, 5) is 6.37. The van der Waals surface area contributed by atoms with Gasteiger partial charge in [0.05, 0.1) is 17.4 Å². The van der Waals surface area contributed by atoms with E-state index in [0.717, 1.165) is 11.4 Å². The SMILES string of the molecule is Oc1ccc(Cl)cc1N1C(=S)N[C@@H](c2ccccn2)[C@@H]1c1cccn1-c1cccc(F)c1. The zero-order valence-electron chi connectivity index (χ0n) is 16.7. The van der Waals surface area contributed by atoms with E-state index in [1.54, 1.807) is 24.4 Å². The number of nitrogens with one attached hydrogen (secondary N) is 1. The maximum Gasteiger partial charge on any atom is 0.174 e. The van der Waals surface area contributed by atoms with Crippen molar-refractivity contribution in [3.8, 4) is 11.4 Å². The molecule has 3 heterocycles. The first-order valence-corrected chi connectivity index (χ1v) is 10.7. The van der Waals surface area contributed by atoms with Gasteiger partial charge in [-0.2, -0.15) is 0 Å². The van der Waals surface area contributed by atoms with Crippen molar-refractivity contribution < 1.29 is 9.50 Å². The number of thiocarbonyl (C=S) groups is 1. The minimum absolute atomic E-state index is 0.0501. The van der Waals surface area contributed by atoms with Crippen LogP contribution < -0.4 is 10.2 Å². The van der Waals surface area contributed by atoms with Crippen LogP contribution in [0.1, 0.15) is 23.5 Å². The molecule has 2 aromatic carbocycles. The number of halogens is 2. The quantitative estimate of drug-likeness (QED) is 0.388. The molecule has 0 spiro atoms. The lowest BCUT2D eigenvalue weighted by molar-refractivity contribution is 0.472. The number of nitrogens with zero attached hydrogens (tertiary/aromatic N) is 3. The van der Waals surface area contributed by atoms with E-state index in [1.165, 1.54) is 18.2 Å². The first kappa shape index (κ1) is 20.5. The minimum atomic E-state index is -0.389. The summed E-state index contributed by atoms with van der Waals surface area (Å²) in [6.45, 7) is 0. The second kappa shape index (κ2) is 8.26. The molecule has 0 amide bonds. The van der Waals surface area contributed by atoms with Crippen LogP contribution in [0.15, 0.2) is 85.2 Å². The Balaban J connectivity index is 1.70. The number of hydrogen-bond acceptors (Lipinski definition) is 3. The largest absolute Gasteiger partial charge is 0.506 e. The van der Waals surface area contributed by atoms with Crippen LogP contribution in [0.25, 0.3) is 5.69 Å². The summed E-state index contributed by atoms with van der Waals surface area (Å²) in [5.74, 6) is -0.276. The highest BCUT2D eigenvalue weighted by atomic mass is 35.5. The lowest BCUT2D eigenvalue weighted by atomic mass is 10.0. The van der Waals surface area contributed by atoms with Crippen molar-refractivity contribution in [3.63, 3.8) is 0 Å². The molecule has 0 radical (unpaired) electrons. The van der Waals surface area contributed by atoms with Crippen molar-refractivity contribution in [3.05, 3.63) is 107 Å². The van der Waals surface area contributed by atoms with Crippen LogP contribution >= 0.6 is 23.8 Å². The van der Waals surface area contributed by atoms with Gasteiger partial charge >= 0.3 is 0 Å². The van der Waals surface area contributed by atoms with Crippen LogP contribution in [0.4, 0.5) is 10.1 Å². The van der Waals surface area contributed by atoms with E-state index in [4.69, 9.17) is 23.8 Å². The fraction of sp³-hybridized carbons (Fsp3) is 0.0833. The molecule has 0 aliphatic carbocycles. The average Bonchev–Trinajstić information content (AvgIpc) is 3.40. The van der Waals surface area contributed by atoms with Crippen molar-refractivity contribution in [2.24, 2.45) is 0 Å². The maximum atomic E-state index is 14.0. The van der Waals surface area contributed by atoms with Crippen LogP contribution in [-0.2, 0) is 0 Å². The van der Waals surface area contributed by atoms with Gasteiger partial charge in [0.1, 0.15) is 17.6 Å². The fourth-order valence-corrected chi connectivity index (χ4v) is 4.61. The van der Waals surface area contributed by atoms with Gasteiger partial charge in [0.25, 0.3) is 0 Å². The smallest absolute Gasteiger partial charge is 0.174 e. The Hall–Kier alpha value is -3.42. The Bertz CT molecular complexity index is 1300. The van der Waals surface area contributed by atoms with Crippen LogP contribution in [0.3, 0.4) is 0 Å². The zero-order valence-corrected chi connectivity index (χ0v) is 18.3. The molecule has 0 unspecified atom stereocenters. The molecule has 2 atom stereocenters. The Labute approximate surface area is 194 Å². The summed E-state index contributed by atoms with van der Waals surface area (Å²) in [6, 6.07) is 20.0. The molecule has 4 aromatic rings. The van der Waals surface area contributed by atoms with Gasteiger partial charge in [0.15, 0.2) is 5.11 Å². The number of anilines is 1. The molecule has 160 valence electrons. The van der Waals surface area contributed by atoms with Crippen LogP contribution in [0, 0.1) is 5.82 Å². The predicted octanol–water partition coefficient (Wildman–Crippen LogP) is 5.55. The number of aromatic nitrogens is 2. The van der Waals surface area contributed by atoms with Gasteiger partial charge in [-0.15, -0.1) is 0 Å². The molecular weight excluding hydrogens is 447 g/mol. The molecule has 0 saturated carbocycles. The molecule has 5 nitrogen and oxygen atoms in total. The minimum Gasteiger partial charge on any atom is -0.506 e. The van der Waals surface area contributed by atoms with E-state index in [2.05, 4.69) is 10.3 Å². The third-order valence-electron chi connectivity index (χ3n) is 5.46. The van der Waals surface area contributed by atoms with Crippen molar-refractivity contribution in [2.45, 2.75) is 12.1 Å². The highest BCUT2D eigenvalue weighted by Gasteiger charge is 2.43. The summed E-state index contributed by atoms with van der Waals surface area (Å²) in [5.41, 5.74) is 2.79. The molecule has 1 fully saturated rings. The Morgan fingerprint density at radius 1 is 1.03 bits per heavy atom. The molecule has 5 rings (SSSR count). The average molecular weight is 465 g/mol. The third kappa shape index (κ3) is 3.59. The molecule has 1 aliphatic rings. The highest BCUT2D eigenvalue weighted by Crippen LogP contribution is 2.45. The van der Waals surface area contributed by atoms with Crippen LogP contribution in [-0.4, -0.2) is 19.8 Å². The number of phenolic OH excluding ortho intramolecular Hbond substituents is 1. The highest BCUT2D eigenvalue weighted by molar-refractivity contribution is 7.80. The number of pyridine rings is 1. The van der Waals surface area contributed by atoms with Crippen molar-refractivity contribution in [2.75, 3.05) is 4.90 Å².